The summed E-state index contributed by atoms with van der Waals surface area (Å²) in [5.41, 5.74) is 0.377. The first-order valence-corrected chi connectivity index (χ1v) is 11.4. The minimum atomic E-state index is -0.557. The quantitative estimate of drug-likeness (QED) is 0.527. The minimum absolute atomic E-state index is 0.00163. The SMILES string of the molecule is CNC(=O)COC(=O)c1ccccc1SCC(=O)NC12CC3CC(CC(C3)C1)C2. The number of thioether (sulfide) groups is 1. The average molecular weight is 417 g/mol. The van der Waals surface area contributed by atoms with Gasteiger partial charge < -0.3 is 15.4 Å². The maximum absolute atomic E-state index is 12.7. The van der Waals surface area contributed by atoms with Crippen LogP contribution in [0.5, 0.6) is 0 Å². The molecular formula is C22H28N2O4S. The zero-order valence-corrected chi connectivity index (χ0v) is 17.6. The number of amides is 2. The summed E-state index contributed by atoms with van der Waals surface area (Å²) in [6.45, 7) is -0.319. The molecule has 4 aliphatic carbocycles. The summed E-state index contributed by atoms with van der Waals surface area (Å²) in [4.78, 5) is 37.0. The van der Waals surface area contributed by atoms with E-state index in [2.05, 4.69) is 10.6 Å². The summed E-state index contributed by atoms with van der Waals surface area (Å²) in [5, 5.41) is 5.78. The van der Waals surface area contributed by atoms with Gasteiger partial charge in [-0.25, -0.2) is 4.79 Å². The normalized spacial score (nSPS) is 29.3. The van der Waals surface area contributed by atoms with Gasteiger partial charge in [0.15, 0.2) is 6.61 Å². The van der Waals surface area contributed by atoms with E-state index in [0.717, 1.165) is 37.0 Å². The van der Waals surface area contributed by atoms with E-state index < -0.39 is 5.97 Å². The predicted octanol–water partition coefficient (Wildman–Crippen LogP) is 2.77. The van der Waals surface area contributed by atoms with E-state index in [1.54, 1.807) is 18.2 Å². The molecular weight excluding hydrogens is 388 g/mol. The van der Waals surface area contributed by atoms with Gasteiger partial charge in [-0.1, -0.05) is 12.1 Å². The maximum atomic E-state index is 12.7. The molecule has 0 unspecified atom stereocenters. The van der Waals surface area contributed by atoms with Gasteiger partial charge in [-0.2, -0.15) is 0 Å². The van der Waals surface area contributed by atoms with E-state index in [1.165, 1.54) is 38.1 Å². The summed E-state index contributed by atoms with van der Waals surface area (Å²) in [6, 6.07) is 7.04. The van der Waals surface area contributed by atoms with E-state index >= 15 is 0 Å². The Bertz CT molecular complexity index is 774. The van der Waals surface area contributed by atoms with Crippen molar-refractivity contribution in [3.05, 3.63) is 29.8 Å². The standard InChI is InChI=1S/C22H28N2O4S/c1-23-19(25)12-28-21(27)17-4-2-3-5-18(17)29-13-20(26)24-22-9-14-6-15(10-22)8-16(7-14)11-22/h2-5,14-16H,6-13H2,1H3,(H,23,25)(H,24,26). The Morgan fingerprint density at radius 3 is 2.28 bits per heavy atom. The number of ether oxygens (including phenoxy) is 1. The monoisotopic (exact) mass is 416 g/mol. The van der Waals surface area contributed by atoms with Crippen molar-refractivity contribution in [2.45, 2.75) is 49.0 Å². The Kier molecular flexibility index (Phi) is 5.86. The second-order valence-corrected chi connectivity index (χ2v) is 9.80. The number of likely N-dealkylation sites (N-methyl/N-ethyl adjacent to an activating group) is 1. The van der Waals surface area contributed by atoms with Crippen molar-refractivity contribution in [1.29, 1.82) is 0 Å². The maximum Gasteiger partial charge on any atom is 0.339 e. The Morgan fingerprint density at radius 1 is 1.03 bits per heavy atom. The molecule has 0 spiro atoms. The molecule has 0 heterocycles. The third kappa shape index (κ3) is 4.60. The van der Waals surface area contributed by atoms with Crippen molar-refractivity contribution in [2.75, 3.05) is 19.4 Å². The third-order valence-corrected chi connectivity index (χ3v) is 7.60. The Morgan fingerprint density at radius 2 is 1.66 bits per heavy atom. The van der Waals surface area contributed by atoms with Crippen LogP contribution in [0, 0.1) is 17.8 Å². The van der Waals surface area contributed by atoms with Gasteiger partial charge in [0.05, 0.1) is 11.3 Å². The zero-order chi connectivity index (χ0) is 20.4. The van der Waals surface area contributed by atoms with Crippen LogP contribution in [0.15, 0.2) is 29.2 Å². The number of hydrogen-bond acceptors (Lipinski definition) is 5. The highest BCUT2D eigenvalue weighted by molar-refractivity contribution is 8.00. The number of nitrogens with one attached hydrogen (secondary N) is 2. The smallest absolute Gasteiger partial charge is 0.339 e. The first-order valence-electron chi connectivity index (χ1n) is 10.4. The highest BCUT2D eigenvalue weighted by Crippen LogP contribution is 2.55. The summed E-state index contributed by atoms with van der Waals surface area (Å²) < 4.78 is 5.05. The Labute approximate surface area is 175 Å². The van der Waals surface area contributed by atoms with Gasteiger partial charge >= 0.3 is 5.97 Å². The van der Waals surface area contributed by atoms with Crippen molar-refractivity contribution in [2.24, 2.45) is 17.8 Å². The highest BCUT2D eigenvalue weighted by Gasteiger charge is 2.51. The molecule has 0 radical (unpaired) electrons. The molecule has 29 heavy (non-hydrogen) atoms. The molecule has 4 bridgehead atoms. The molecule has 0 aliphatic heterocycles. The molecule has 156 valence electrons. The second-order valence-electron chi connectivity index (χ2n) is 8.78. The summed E-state index contributed by atoms with van der Waals surface area (Å²) in [7, 11) is 1.49. The van der Waals surface area contributed by atoms with Crippen LogP contribution in [-0.4, -0.2) is 42.7 Å². The van der Waals surface area contributed by atoms with Crippen LogP contribution in [0.3, 0.4) is 0 Å². The zero-order valence-electron chi connectivity index (χ0n) is 16.7. The molecule has 2 amide bonds. The molecule has 1 aromatic rings. The summed E-state index contributed by atoms with van der Waals surface area (Å²) >= 11 is 1.34. The van der Waals surface area contributed by atoms with E-state index in [-0.39, 0.29) is 29.7 Å². The molecule has 4 saturated carbocycles. The fraction of sp³-hybridized carbons (Fsp3) is 0.591. The van der Waals surface area contributed by atoms with E-state index in [9.17, 15) is 14.4 Å². The van der Waals surface area contributed by atoms with Crippen molar-refractivity contribution in [3.8, 4) is 0 Å². The molecule has 1 aromatic carbocycles. The summed E-state index contributed by atoms with van der Waals surface area (Å²) in [6.07, 6.45) is 7.40. The lowest BCUT2D eigenvalue weighted by Crippen LogP contribution is -2.60. The van der Waals surface area contributed by atoms with Crippen molar-refractivity contribution in [3.63, 3.8) is 0 Å². The van der Waals surface area contributed by atoms with Gasteiger partial charge in [0.1, 0.15) is 0 Å². The average Bonchev–Trinajstić information content (AvgIpc) is 2.69. The van der Waals surface area contributed by atoms with Crippen molar-refractivity contribution in [1.82, 2.24) is 10.6 Å². The Balaban J connectivity index is 1.34. The molecule has 4 fully saturated rings. The molecule has 5 rings (SSSR count). The van der Waals surface area contributed by atoms with Gasteiger partial charge in [-0.15, -0.1) is 11.8 Å². The first kappa shape index (κ1) is 20.3. The first-order chi connectivity index (χ1) is 14.0. The fourth-order valence-electron chi connectivity index (χ4n) is 5.78. The van der Waals surface area contributed by atoms with E-state index in [4.69, 9.17) is 4.74 Å². The molecule has 0 atom stereocenters. The van der Waals surface area contributed by atoms with Gasteiger partial charge in [0.2, 0.25) is 5.91 Å². The third-order valence-electron chi connectivity index (χ3n) is 6.52. The number of esters is 1. The lowest BCUT2D eigenvalue weighted by molar-refractivity contribution is -0.124. The molecule has 2 N–H and O–H groups in total. The van der Waals surface area contributed by atoms with Crippen molar-refractivity contribution < 1.29 is 19.1 Å². The van der Waals surface area contributed by atoms with Crippen LogP contribution in [0.2, 0.25) is 0 Å². The molecule has 4 aliphatic rings. The molecule has 0 saturated heterocycles. The minimum Gasteiger partial charge on any atom is -0.452 e. The van der Waals surface area contributed by atoms with Gasteiger partial charge in [-0.3, -0.25) is 9.59 Å². The van der Waals surface area contributed by atoms with E-state index in [0.29, 0.717) is 10.5 Å². The number of carbonyl (C=O) groups is 3. The lowest BCUT2D eigenvalue weighted by atomic mass is 9.53. The number of carbonyl (C=O) groups excluding carboxylic acids is 3. The summed E-state index contributed by atoms with van der Waals surface area (Å²) in [5.74, 6) is 1.73. The largest absolute Gasteiger partial charge is 0.452 e. The molecule has 0 aromatic heterocycles. The Hall–Kier alpha value is -2.02. The van der Waals surface area contributed by atoms with Crippen LogP contribution in [-0.2, 0) is 14.3 Å². The van der Waals surface area contributed by atoms with Crippen LogP contribution in [0.1, 0.15) is 48.9 Å². The molecule has 6 nitrogen and oxygen atoms in total. The van der Waals surface area contributed by atoms with E-state index in [1.807, 2.05) is 6.07 Å². The number of hydrogen-bond donors (Lipinski definition) is 2. The lowest BCUT2D eigenvalue weighted by Gasteiger charge is -2.56. The van der Waals surface area contributed by atoms with Gasteiger partial charge in [0, 0.05) is 17.5 Å². The topological polar surface area (TPSA) is 84.5 Å². The number of rotatable bonds is 7. The highest BCUT2D eigenvalue weighted by atomic mass is 32.2. The van der Waals surface area contributed by atoms with Gasteiger partial charge in [0.25, 0.3) is 5.91 Å². The van der Waals surface area contributed by atoms with Crippen LogP contribution in [0.4, 0.5) is 0 Å². The van der Waals surface area contributed by atoms with Crippen LogP contribution < -0.4 is 10.6 Å². The van der Waals surface area contributed by atoms with Crippen LogP contribution in [0.25, 0.3) is 0 Å². The fourth-order valence-corrected chi connectivity index (χ4v) is 6.62. The van der Waals surface area contributed by atoms with Gasteiger partial charge in [-0.05, 0) is 68.4 Å². The predicted molar refractivity (Wildman–Crippen MR) is 111 cm³/mol. The second kappa shape index (κ2) is 8.38. The molecule has 7 heteroatoms. The number of benzene rings is 1. The van der Waals surface area contributed by atoms with Crippen LogP contribution >= 0.6 is 11.8 Å². The van der Waals surface area contributed by atoms with Crippen molar-refractivity contribution >= 4 is 29.5 Å².